The van der Waals surface area contributed by atoms with E-state index in [1.54, 1.807) is 12.3 Å². The number of aromatic nitrogens is 2. The van der Waals surface area contributed by atoms with Crippen molar-refractivity contribution in [1.29, 1.82) is 0 Å². The van der Waals surface area contributed by atoms with Gasteiger partial charge in [0.05, 0.1) is 36.2 Å². The number of hydrogen-bond acceptors (Lipinski definition) is 6. The molecule has 0 radical (unpaired) electrons. The summed E-state index contributed by atoms with van der Waals surface area (Å²) in [6.07, 6.45) is 3.25. The van der Waals surface area contributed by atoms with Crippen LogP contribution in [0.1, 0.15) is 52.8 Å². The Balaban J connectivity index is 1.57. The molecule has 7 nitrogen and oxygen atoms in total. The number of halogens is 3. The third kappa shape index (κ3) is 5.34. The summed E-state index contributed by atoms with van der Waals surface area (Å²) < 4.78 is 29.3. The zero-order chi connectivity index (χ0) is 24.4. The van der Waals surface area contributed by atoms with Gasteiger partial charge in [-0.2, -0.15) is 0 Å². The van der Waals surface area contributed by atoms with E-state index in [0.717, 1.165) is 12.5 Å². The van der Waals surface area contributed by atoms with Crippen molar-refractivity contribution in [1.82, 2.24) is 15.3 Å². The Kier molecular flexibility index (Phi) is 7.39. The molecule has 1 saturated carbocycles. The minimum absolute atomic E-state index is 0.0537. The van der Waals surface area contributed by atoms with Crippen LogP contribution in [0.15, 0.2) is 42.6 Å². The lowest BCUT2D eigenvalue weighted by Crippen LogP contribution is -2.31. The number of anilines is 1. The van der Waals surface area contributed by atoms with Gasteiger partial charge in [-0.25, -0.2) is 18.7 Å². The zero-order valence-electron chi connectivity index (χ0n) is 18.0. The second-order valence-corrected chi connectivity index (χ2v) is 9.54. The molecule has 2 aromatic carbocycles. The number of aliphatic hydroxyl groups is 2. The Morgan fingerprint density at radius 2 is 2.03 bits per heavy atom. The molecule has 1 amide bonds. The topological polar surface area (TPSA) is 121 Å². The highest BCUT2D eigenvalue weighted by Crippen LogP contribution is 2.35. The normalized spacial score (nSPS) is 18.6. The van der Waals surface area contributed by atoms with Crippen molar-refractivity contribution in [3.8, 4) is 11.3 Å². The second-order valence-electron chi connectivity index (χ2n) is 8.30. The Labute approximate surface area is 208 Å². The third-order valence-corrected chi connectivity index (χ3v) is 6.53. The fourth-order valence-corrected chi connectivity index (χ4v) is 4.80. The standard InChI is InChI=1S/C24H23F2IN4O3/c25-15-5-14(6-16(27)9-15)21(11-32)31-24(34)18-4-2-13(8-19(18)26)22-23(28)29-10-20(30-22)12-1-3-17(33)7-12/h2,4-6,8-10,12,17,21,32-33H,1,3,7,11H2,(H2,28,29)(H,31,34)/t12?,17-,21+/m0/s1. The lowest BCUT2D eigenvalue weighted by Gasteiger charge is -2.18. The van der Waals surface area contributed by atoms with E-state index < -0.39 is 30.2 Å². The summed E-state index contributed by atoms with van der Waals surface area (Å²) in [7, 11) is 0. The highest BCUT2D eigenvalue weighted by molar-refractivity contribution is 14.1. The maximum atomic E-state index is 14.9. The number of hydrogen-bond donors (Lipinski definition) is 4. The van der Waals surface area contributed by atoms with Gasteiger partial charge in [-0.15, -0.1) is 0 Å². The molecule has 0 saturated heterocycles. The smallest absolute Gasteiger partial charge is 0.254 e. The first-order valence-corrected chi connectivity index (χ1v) is 11.8. The first-order chi connectivity index (χ1) is 16.2. The van der Waals surface area contributed by atoms with Crippen LogP contribution in [-0.4, -0.2) is 38.8 Å². The van der Waals surface area contributed by atoms with Crippen molar-refractivity contribution >= 4 is 34.3 Å². The van der Waals surface area contributed by atoms with Crippen LogP contribution in [0.2, 0.25) is 0 Å². The summed E-state index contributed by atoms with van der Waals surface area (Å²) in [6.45, 7) is -0.486. The van der Waals surface area contributed by atoms with E-state index in [9.17, 15) is 23.8 Å². The van der Waals surface area contributed by atoms with Crippen LogP contribution in [0.3, 0.4) is 0 Å². The molecule has 1 aliphatic carbocycles. The molecule has 10 heteroatoms. The number of nitrogens with zero attached hydrogens (tertiary/aromatic N) is 2. The summed E-state index contributed by atoms with van der Waals surface area (Å²) in [5, 5.41) is 22.0. The molecule has 1 aliphatic rings. The van der Waals surface area contributed by atoms with Gasteiger partial charge >= 0.3 is 0 Å². The summed E-state index contributed by atoms with van der Waals surface area (Å²) in [5.41, 5.74) is 7.45. The average molecular weight is 580 g/mol. The lowest BCUT2D eigenvalue weighted by atomic mass is 10.0. The summed E-state index contributed by atoms with van der Waals surface area (Å²) in [5.74, 6) is -1.88. The van der Waals surface area contributed by atoms with Crippen molar-refractivity contribution < 1.29 is 23.8 Å². The molecule has 1 aromatic heterocycles. The molecule has 0 spiro atoms. The molecule has 3 aromatic rings. The molecule has 1 fully saturated rings. The van der Waals surface area contributed by atoms with Crippen LogP contribution >= 0.6 is 22.6 Å². The third-order valence-electron chi connectivity index (χ3n) is 5.90. The fraction of sp³-hybridized carbons (Fsp3) is 0.292. The van der Waals surface area contributed by atoms with E-state index in [1.165, 1.54) is 24.3 Å². The van der Waals surface area contributed by atoms with E-state index in [-0.39, 0.29) is 23.4 Å². The van der Waals surface area contributed by atoms with E-state index >= 15 is 0 Å². The van der Waals surface area contributed by atoms with Gasteiger partial charge in [0.2, 0.25) is 0 Å². The number of carbonyl (C=O) groups excluding carboxylic acids is 1. The van der Waals surface area contributed by atoms with E-state index in [1.807, 2.05) is 22.6 Å². The first-order valence-electron chi connectivity index (χ1n) is 10.7. The SMILES string of the molecule is Nc1ncc(C2CC[C@H](O)C2)nc1-c1ccc(C(=O)N[C@H](CO)c2cc(F)cc(I)c2)c(F)c1. The highest BCUT2D eigenvalue weighted by atomic mass is 127. The Hall–Kier alpha value is -2.70. The van der Waals surface area contributed by atoms with Crippen LogP contribution in [-0.2, 0) is 0 Å². The first kappa shape index (κ1) is 24.4. The van der Waals surface area contributed by atoms with Crippen molar-refractivity contribution in [2.75, 3.05) is 12.3 Å². The van der Waals surface area contributed by atoms with Crippen LogP contribution in [0.25, 0.3) is 11.3 Å². The molecule has 178 valence electrons. The van der Waals surface area contributed by atoms with Gasteiger partial charge in [0.25, 0.3) is 5.91 Å². The molecule has 0 bridgehead atoms. The van der Waals surface area contributed by atoms with Crippen molar-refractivity contribution in [2.24, 2.45) is 0 Å². The molecular weight excluding hydrogens is 557 g/mol. The van der Waals surface area contributed by atoms with Gasteiger partial charge in [0, 0.05) is 15.1 Å². The van der Waals surface area contributed by atoms with Crippen LogP contribution in [0, 0.1) is 15.2 Å². The summed E-state index contributed by atoms with van der Waals surface area (Å²) in [6, 6.07) is 7.22. The van der Waals surface area contributed by atoms with Crippen molar-refractivity contribution in [2.45, 2.75) is 37.3 Å². The number of nitrogens with one attached hydrogen (secondary N) is 1. The maximum absolute atomic E-state index is 14.9. The van der Waals surface area contributed by atoms with Gasteiger partial charge in [0.1, 0.15) is 23.1 Å². The van der Waals surface area contributed by atoms with Gasteiger partial charge in [-0.05, 0) is 77.7 Å². The molecule has 4 rings (SSSR count). The molecule has 1 unspecified atom stereocenters. The van der Waals surface area contributed by atoms with Crippen molar-refractivity contribution in [3.05, 3.63) is 74.6 Å². The van der Waals surface area contributed by atoms with Crippen LogP contribution in [0.5, 0.6) is 0 Å². The summed E-state index contributed by atoms with van der Waals surface area (Å²) in [4.78, 5) is 21.5. The quantitative estimate of drug-likeness (QED) is 0.330. The molecule has 34 heavy (non-hydrogen) atoms. The van der Waals surface area contributed by atoms with Gasteiger partial charge in [-0.3, -0.25) is 4.79 Å². The predicted octanol–water partition coefficient (Wildman–Crippen LogP) is 3.70. The molecule has 5 N–H and O–H groups in total. The van der Waals surface area contributed by atoms with E-state index in [4.69, 9.17) is 5.73 Å². The zero-order valence-corrected chi connectivity index (χ0v) is 20.2. The predicted molar refractivity (Wildman–Crippen MR) is 131 cm³/mol. The van der Waals surface area contributed by atoms with E-state index in [0.29, 0.717) is 38.9 Å². The highest BCUT2D eigenvalue weighted by Gasteiger charge is 2.26. The molecule has 3 atom stereocenters. The van der Waals surface area contributed by atoms with Crippen molar-refractivity contribution in [3.63, 3.8) is 0 Å². The Bertz CT molecular complexity index is 1210. The van der Waals surface area contributed by atoms with E-state index in [2.05, 4.69) is 15.3 Å². The number of aliphatic hydroxyl groups excluding tert-OH is 2. The number of rotatable bonds is 6. The van der Waals surface area contributed by atoms with Crippen LogP contribution in [0.4, 0.5) is 14.6 Å². The van der Waals surface area contributed by atoms with Gasteiger partial charge in [0.15, 0.2) is 0 Å². The number of amides is 1. The fourth-order valence-electron chi connectivity index (χ4n) is 4.14. The van der Waals surface area contributed by atoms with Gasteiger partial charge in [-0.1, -0.05) is 6.07 Å². The molecule has 1 heterocycles. The maximum Gasteiger partial charge on any atom is 0.254 e. The average Bonchev–Trinajstić information content (AvgIpc) is 3.23. The Morgan fingerprint density at radius 1 is 1.24 bits per heavy atom. The Morgan fingerprint density at radius 3 is 2.68 bits per heavy atom. The summed E-state index contributed by atoms with van der Waals surface area (Å²) >= 11 is 1.93. The largest absolute Gasteiger partial charge is 0.394 e. The number of carbonyl (C=O) groups is 1. The molecule has 0 aliphatic heterocycles. The second kappa shape index (κ2) is 10.3. The van der Waals surface area contributed by atoms with Gasteiger partial charge < -0.3 is 21.3 Å². The minimum atomic E-state index is -0.907. The number of benzene rings is 2. The minimum Gasteiger partial charge on any atom is -0.394 e. The molecular formula is C24H23F2IN4O3. The monoisotopic (exact) mass is 580 g/mol. The van der Waals surface area contributed by atoms with Crippen LogP contribution < -0.4 is 11.1 Å². The number of nitrogens with two attached hydrogens (primary N) is 1. The lowest BCUT2D eigenvalue weighted by molar-refractivity contribution is 0.0912. The number of nitrogen functional groups attached to an aromatic ring is 1.